The lowest BCUT2D eigenvalue weighted by molar-refractivity contribution is -0.127. The van der Waals surface area contributed by atoms with Crippen LogP contribution in [0.15, 0.2) is 72.8 Å². The maximum atomic E-state index is 13.9. The highest BCUT2D eigenvalue weighted by Gasteiger charge is 2.74. The van der Waals surface area contributed by atoms with E-state index in [2.05, 4.69) is 0 Å². The smallest absolute Gasteiger partial charge is 0.338 e. The molecule has 2 aliphatic heterocycles. The summed E-state index contributed by atoms with van der Waals surface area (Å²) >= 11 is 6.34. The largest absolute Gasteiger partial charge is 0.462 e. The molecule has 190 valence electrons. The van der Waals surface area contributed by atoms with Crippen molar-refractivity contribution in [3.8, 4) is 0 Å². The molecule has 9 heteroatoms. The van der Waals surface area contributed by atoms with Gasteiger partial charge in [0.05, 0.1) is 40.8 Å². The third-order valence-electron chi connectivity index (χ3n) is 7.36. The van der Waals surface area contributed by atoms with Gasteiger partial charge in [-0.05, 0) is 36.8 Å². The minimum Gasteiger partial charge on any atom is -0.462 e. The number of ether oxygens (including phenoxy) is 2. The minimum atomic E-state index is -2.19. The molecule has 3 aromatic carbocycles. The predicted molar refractivity (Wildman–Crippen MR) is 135 cm³/mol. The summed E-state index contributed by atoms with van der Waals surface area (Å²) in [6.07, 6.45) is -1.11. The topological polar surface area (TPSA) is 107 Å². The first-order valence-electron chi connectivity index (χ1n) is 12.1. The van der Waals surface area contributed by atoms with E-state index < -0.39 is 52.9 Å². The van der Waals surface area contributed by atoms with Crippen molar-refractivity contribution in [3.63, 3.8) is 0 Å². The molecule has 8 nitrogen and oxygen atoms in total. The number of anilines is 1. The van der Waals surface area contributed by atoms with Crippen molar-refractivity contribution < 1.29 is 33.4 Å². The number of para-hydroxylation sites is 1. The van der Waals surface area contributed by atoms with Crippen molar-refractivity contribution in [2.75, 3.05) is 11.5 Å². The molecule has 38 heavy (non-hydrogen) atoms. The first-order valence-corrected chi connectivity index (χ1v) is 12.4. The Labute approximate surface area is 222 Å². The quantitative estimate of drug-likeness (QED) is 0.283. The third kappa shape index (κ3) is 3.17. The van der Waals surface area contributed by atoms with E-state index in [1.54, 1.807) is 49.4 Å². The first kappa shape index (κ1) is 24.2. The molecule has 3 atom stereocenters. The van der Waals surface area contributed by atoms with Crippen LogP contribution in [0, 0.1) is 11.8 Å². The fraction of sp³-hybridized carbons (Fsp3) is 0.207. The van der Waals surface area contributed by atoms with Crippen LogP contribution < -0.4 is 4.90 Å². The summed E-state index contributed by atoms with van der Waals surface area (Å²) < 4.78 is 11.3. The van der Waals surface area contributed by atoms with E-state index in [-0.39, 0.29) is 34.0 Å². The van der Waals surface area contributed by atoms with E-state index in [0.29, 0.717) is 5.56 Å². The number of imide groups is 1. The van der Waals surface area contributed by atoms with E-state index in [4.69, 9.17) is 21.1 Å². The lowest BCUT2D eigenvalue weighted by Gasteiger charge is -2.27. The Morgan fingerprint density at radius 2 is 1.50 bits per heavy atom. The fourth-order valence-electron chi connectivity index (χ4n) is 5.71. The van der Waals surface area contributed by atoms with Crippen LogP contribution in [0.5, 0.6) is 0 Å². The van der Waals surface area contributed by atoms with Crippen LogP contribution in [0.4, 0.5) is 5.69 Å². The Balaban J connectivity index is 1.50. The number of amides is 2. The number of carbonyl (C=O) groups excluding carboxylic acids is 5. The number of esters is 1. The van der Waals surface area contributed by atoms with Gasteiger partial charge in [0.2, 0.25) is 29.0 Å². The summed E-state index contributed by atoms with van der Waals surface area (Å²) in [6, 6.07) is 18.8. The fourth-order valence-corrected chi connectivity index (χ4v) is 5.93. The Morgan fingerprint density at radius 3 is 2.11 bits per heavy atom. The van der Waals surface area contributed by atoms with Gasteiger partial charge in [0, 0.05) is 11.1 Å². The SMILES string of the molecule is CCOC(=O)c1ccc([C@H]2OC3(C(=O)c4ccccc4C3=O)[C@H]3C(=O)N(c4ccccc4Cl)C(=O)[C@H]23)cc1. The van der Waals surface area contributed by atoms with Gasteiger partial charge in [0.15, 0.2) is 0 Å². The van der Waals surface area contributed by atoms with E-state index in [0.717, 1.165) is 4.90 Å². The number of benzene rings is 3. The molecule has 1 spiro atoms. The zero-order chi connectivity index (χ0) is 26.8. The van der Waals surface area contributed by atoms with Gasteiger partial charge in [0.1, 0.15) is 0 Å². The molecule has 3 aliphatic rings. The van der Waals surface area contributed by atoms with Gasteiger partial charge in [-0.25, -0.2) is 9.69 Å². The molecule has 3 aromatic rings. The van der Waals surface area contributed by atoms with Gasteiger partial charge in [-0.15, -0.1) is 0 Å². The van der Waals surface area contributed by atoms with Crippen LogP contribution in [-0.4, -0.2) is 41.6 Å². The minimum absolute atomic E-state index is 0.144. The highest BCUT2D eigenvalue weighted by molar-refractivity contribution is 6.39. The van der Waals surface area contributed by atoms with Gasteiger partial charge < -0.3 is 9.47 Å². The third-order valence-corrected chi connectivity index (χ3v) is 7.68. The number of ketones is 2. The number of hydrogen-bond acceptors (Lipinski definition) is 7. The number of fused-ring (bicyclic) bond motifs is 3. The lowest BCUT2D eigenvalue weighted by atomic mass is 9.77. The second kappa shape index (κ2) is 8.72. The lowest BCUT2D eigenvalue weighted by Crippen LogP contribution is -2.51. The molecule has 2 amide bonds. The molecule has 6 rings (SSSR count). The van der Waals surface area contributed by atoms with Gasteiger partial charge in [-0.3, -0.25) is 19.2 Å². The molecule has 0 saturated carbocycles. The maximum absolute atomic E-state index is 13.9. The van der Waals surface area contributed by atoms with E-state index >= 15 is 0 Å². The van der Waals surface area contributed by atoms with Crippen molar-refractivity contribution in [1.82, 2.24) is 0 Å². The normalized spacial score (nSPS) is 23.2. The summed E-state index contributed by atoms with van der Waals surface area (Å²) in [5, 5.41) is 0.173. The molecule has 2 heterocycles. The summed E-state index contributed by atoms with van der Waals surface area (Å²) in [6.45, 7) is 1.90. The highest BCUT2D eigenvalue weighted by atomic mass is 35.5. The predicted octanol–water partition coefficient (Wildman–Crippen LogP) is 4.21. The van der Waals surface area contributed by atoms with Crippen LogP contribution in [0.3, 0.4) is 0 Å². The van der Waals surface area contributed by atoms with Gasteiger partial charge in [-0.1, -0.05) is 60.1 Å². The number of halogens is 1. The van der Waals surface area contributed by atoms with E-state index in [1.807, 2.05) is 0 Å². The zero-order valence-corrected chi connectivity index (χ0v) is 20.8. The molecule has 0 N–H and O–H groups in total. The second-order valence-electron chi connectivity index (χ2n) is 9.29. The molecule has 2 saturated heterocycles. The Morgan fingerprint density at radius 1 is 0.895 bits per heavy atom. The molecular weight excluding hydrogens is 510 g/mol. The standard InChI is InChI=1S/C29H20ClNO7/c1-2-37-28(36)16-13-11-15(12-14-16)23-21-22(27(35)31(26(21)34)20-10-6-5-9-19(20)30)29(38-23)24(32)17-7-3-4-8-18(17)25(29)33/h3-14,21-23H,2H2,1H3/t21-,22+,23+/m0/s1. The average Bonchev–Trinajstić information content (AvgIpc) is 3.49. The van der Waals surface area contributed by atoms with Crippen LogP contribution in [0.25, 0.3) is 0 Å². The van der Waals surface area contributed by atoms with Gasteiger partial charge >= 0.3 is 5.97 Å². The van der Waals surface area contributed by atoms with E-state index in [1.165, 1.54) is 30.3 Å². The van der Waals surface area contributed by atoms with Crippen molar-refractivity contribution >= 4 is 46.6 Å². The molecule has 0 unspecified atom stereocenters. The number of nitrogens with zero attached hydrogens (tertiary/aromatic N) is 1. The monoisotopic (exact) mass is 529 g/mol. The summed E-state index contributed by atoms with van der Waals surface area (Å²) in [7, 11) is 0. The van der Waals surface area contributed by atoms with Gasteiger partial charge in [-0.2, -0.15) is 0 Å². The summed E-state index contributed by atoms with van der Waals surface area (Å²) in [5.74, 6) is -5.74. The summed E-state index contributed by atoms with van der Waals surface area (Å²) in [5.41, 5.74) is -1.02. The van der Waals surface area contributed by atoms with Crippen LogP contribution in [0.1, 0.15) is 49.7 Å². The summed E-state index contributed by atoms with van der Waals surface area (Å²) in [4.78, 5) is 68.6. The first-order chi connectivity index (χ1) is 18.3. The Bertz CT molecular complexity index is 1510. The van der Waals surface area contributed by atoms with Crippen molar-refractivity contribution in [1.29, 1.82) is 0 Å². The van der Waals surface area contributed by atoms with Crippen LogP contribution in [-0.2, 0) is 19.1 Å². The molecule has 2 fully saturated rings. The Hall–Kier alpha value is -4.14. The molecule has 1 aliphatic carbocycles. The van der Waals surface area contributed by atoms with Crippen molar-refractivity contribution in [2.45, 2.75) is 18.6 Å². The highest BCUT2D eigenvalue weighted by Crippen LogP contribution is 2.58. The van der Waals surface area contributed by atoms with Crippen LogP contribution >= 0.6 is 11.6 Å². The molecule has 0 bridgehead atoms. The number of Topliss-reactive ketones (excluding diaryl/α,β-unsaturated/α-hetero) is 2. The van der Waals surface area contributed by atoms with E-state index in [9.17, 15) is 24.0 Å². The molecule has 0 aromatic heterocycles. The Kier molecular flexibility index (Phi) is 5.55. The molecular formula is C29H20ClNO7. The second-order valence-corrected chi connectivity index (χ2v) is 9.69. The molecule has 0 radical (unpaired) electrons. The number of rotatable bonds is 4. The van der Waals surface area contributed by atoms with Crippen molar-refractivity contribution in [2.24, 2.45) is 11.8 Å². The van der Waals surface area contributed by atoms with Gasteiger partial charge in [0.25, 0.3) is 0 Å². The zero-order valence-electron chi connectivity index (χ0n) is 20.1. The number of hydrogen-bond donors (Lipinski definition) is 0. The maximum Gasteiger partial charge on any atom is 0.338 e. The average molecular weight is 530 g/mol. The number of carbonyl (C=O) groups is 5. The van der Waals surface area contributed by atoms with Crippen LogP contribution in [0.2, 0.25) is 5.02 Å². The van der Waals surface area contributed by atoms with Crippen molar-refractivity contribution in [3.05, 3.63) is 100 Å².